The van der Waals surface area contributed by atoms with E-state index in [1.54, 1.807) is 6.20 Å². The molecule has 4 rings (SSSR count). The highest BCUT2D eigenvalue weighted by Gasteiger charge is 2.47. The van der Waals surface area contributed by atoms with Crippen LogP contribution in [0, 0.1) is 0 Å². The largest absolute Gasteiger partial charge is 0.396 e. The number of rotatable bonds is 3. The first-order valence-corrected chi connectivity index (χ1v) is 6.66. The van der Waals surface area contributed by atoms with Crippen molar-refractivity contribution in [2.75, 3.05) is 23.7 Å². The Morgan fingerprint density at radius 2 is 1.84 bits per heavy atom. The van der Waals surface area contributed by atoms with Gasteiger partial charge in [0.2, 0.25) is 5.95 Å². The Morgan fingerprint density at radius 3 is 2.32 bits per heavy atom. The standard InChI is InChI=1S/C13H16N6/c14-11-8-17-19(9-11)13(2-3-13)10-6-15-12(16-7-10)18-4-1-5-18/h6-9H,1-5,14H2. The Labute approximate surface area is 111 Å². The molecule has 1 aliphatic carbocycles. The molecule has 0 aromatic carbocycles. The summed E-state index contributed by atoms with van der Waals surface area (Å²) in [7, 11) is 0. The third-order valence-corrected chi connectivity index (χ3v) is 4.08. The topological polar surface area (TPSA) is 72.9 Å². The zero-order chi connectivity index (χ0) is 12.9. The Kier molecular flexibility index (Phi) is 2.09. The molecule has 2 aromatic rings. The second-order valence-electron chi connectivity index (χ2n) is 5.36. The summed E-state index contributed by atoms with van der Waals surface area (Å²) in [6.45, 7) is 2.14. The van der Waals surface area contributed by atoms with Crippen molar-refractivity contribution in [2.45, 2.75) is 24.8 Å². The molecule has 19 heavy (non-hydrogen) atoms. The van der Waals surface area contributed by atoms with Crippen molar-refractivity contribution in [3.8, 4) is 0 Å². The number of anilines is 2. The Balaban J connectivity index is 1.64. The SMILES string of the molecule is Nc1cnn(C2(c3cnc(N4CCC4)nc3)CC2)c1. The van der Waals surface area contributed by atoms with Crippen molar-refractivity contribution >= 4 is 11.6 Å². The van der Waals surface area contributed by atoms with E-state index in [1.165, 1.54) is 6.42 Å². The van der Waals surface area contributed by atoms with Crippen molar-refractivity contribution in [1.82, 2.24) is 19.7 Å². The zero-order valence-corrected chi connectivity index (χ0v) is 10.7. The van der Waals surface area contributed by atoms with Crippen LogP contribution in [0.3, 0.4) is 0 Å². The Morgan fingerprint density at radius 1 is 1.11 bits per heavy atom. The summed E-state index contributed by atoms with van der Waals surface area (Å²) >= 11 is 0. The van der Waals surface area contributed by atoms with E-state index in [4.69, 9.17) is 5.73 Å². The Hall–Kier alpha value is -2.11. The van der Waals surface area contributed by atoms with Crippen LogP contribution < -0.4 is 10.6 Å². The van der Waals surface area contributed by atoms with E-state index in [0.29, 0.717) is 5.69 Å². The van der Waals surface area contributed by atoms with Crippen LogP contribution in [0.25, 0.3) is 0 Å². The van der Waals surface area contributed by atoms with Crippen molar-refractivity contribution in [2.24, 2.45) is 0 Å². The van der Waals surface area contributed by atoms with E-state index in [0.717, 1.165) is 37.4 Å². The molecule has 2 fully saturated rings. The fourth-order valence-corrected chi connectivity index (χ4v) is 2.58. The molecule has 1 aliphatic heterocycles. The molecule has 2 aromatic heterocycles. The number of nitrogens with zero attached hydrogens (tertiary/aromatic N) is 5. The molecule has 1 saturated carbocycles. The lowest BCUT2D eigenvalue weighted by Crippen LogP contribution is -2.38. The van der Waals surface area contributed by atoms with Gasteiger partial charge in [-0.05, 0) is 19.3 Å². The van der Waals surface area contributed by atoms with Crippen molar-refractivity contribution in [3.63, 3.8) is 0 Å². The lowest BCUT2D eigenvalue weighted by Gasteiger charge is -2.30. The number of hydrogen-bond acceptors (Lipinski definition) is 5. The molecule has 0 amide bonds. The van der Waals surface area contributed by atoms with Crippen molar-refractivity contribution in [3.05, 3.63) is 30.4 Å². The molecule has 0 unspecified atom stereocenters. The van der Waals surface area contributed by atoms with Gasteiger partial charge in [-0.2, -0.15) is 5.10 Å². The van der Waals surface area contributed by atoms with E-state index in [-0.39, 0.29) is 5.54 Å². The fraction of sp³-hybridized carbons (Fsp3) is 0.462. The molecule has 0 atom stereocenters. The van der Waals surface area contributed by atoms with E-state index in [9.17, 15) is 0 Å². The van der Waals surface area contributed by atoms with Crippen LogP contribution in [-0.2, 0) is 5.54 Å². The summed E-state index contributed by atoms with van der Waals surface area (Å²) in [5.41, 5.74) is 7.51. The molecule has 2 N–H and O–H groups in total. The molecule has 6 heteroatoms. The minimum atomic E-state index is -0.0644. The van der Waals surface area contributed by atoms with Gasteiger partial charge in [-0.1, -0.05) is 0 Å². The maximum absolute atomic E-state index is 5.75. The molecule has 0 bridgehead atoms. The predicted molar refractivity (Wildman–Crippen MR) is 71.8 cm³/mol. The van der Waals surface area contributed by atoms with Crippen molar-refractivity contribution in [1.29, 1.82) is 0 Å². The molecular formula is C13H16N6. The second kappa shape index (κ2) is 3.69. The van der Waals surface area contributed by atoms with Crippen LogP contribution in [0.15, 0.2) is 24.8 Å². The molecule has 0 spiro atoms. The van der Waals surface area contributed by atoms with Gasteiger partial charge < -0.3 is 10.6 Å². The molecule has 2 aliphatic rings. The quantitative estimate of drug-likeness (QED) is 0.887. The van der Waals surface area contributed by atoms with Crippen LogP contribution in [0.4, 0.5) is 11.6 Å². The number of aromatic nitrogens is 4. The molecule has 0 radical (unpaired) electrons. The fourth-order valence-electron chi connectivity index (χ4n) is 2.58. The van der Waals surface area contributed by atoms with Gasteiger partial charge in [0, 0.05) is 37.2 Å². The number of nitrogen functional groups attached to an aromatic ring is 1. The molecule has 98 valence electrons. The van der Waals surface area contributed by atoms with Crippen LogP contribution in [0.5, 0.6) is 0 Å². The maximum Gasteiger partial charge on any atom is 0.225 e. The van der Waals surface area contributed by atoms with Gasteiger partial charge in [0.05, 0.1) is 17.4 Å². The molecule has 3 heterocycles. The van der Waals surface area contributed by atoms with Gasteiger partial charge in [-0.15, -0.1) is 0 Å². The van der Waals surface area contributed by atoms with Gasteiger partial charge in [0.1, 0.15) is 0 Å². The highest BCUT2D eigenvalue weighted by atomic mass is 15.3. The van der Waals surface area contributed by atoms with Gasteiger partial charge in [0.15, 0.2) is 0 Å². The molecular weight excluding hydrogens is 240 g/mol. The highest BCUT2D eigenvalue weighted by Crippen LogP contribution is 2.48. The monoisotopic (exact) mass is 256 g/mol. The normalized spacial score (nSPS) is 20.1. The van der Waals surface area contributed by atoms with Gasteiger partial charge in [-0.25, -0.2) is 9.97 Å². The lowest BCUT2D eigenvalue weighted by atomic mass is 10.1. The average molecular weight is 256 g/mol. The third-order valence-electron chi connectivity index (χ3n) is 4.08. The first-order chi connectivity index (χ1) is 9.28. The average Bonchev–Trinajstić information content (AvgIpc) is 3.05. The van der Waals surface area contributed by atoms with Gasteiger partial charge in [0.25, 0.3) is 0 Å². The minimum Gasteiger partial charge on any atom is -0.396 e. The summed E-state index contributed by atoms with van der Waals surface area (Å²) in [6, 6.07) is 0. The van der Waals surface area contributed by atoms with E-state index >= 15 is 0 Å². The van der Waals surface area contributed by atoms with Crippen LogP contribution >= 0.6 is 0 Å². The summed E-state index contributed by atoms with van der Waals surface area (Å²) < 4.78 is 1.95. The van der Waals surface area contributed by atoms with Gasteiger partial charge in [-0.3, -0.25) is 4.68 Å². The zero-order valence-electron chi connectivity index (χ0n) is 10.7. The number of nitrogens with two attached hydrogens (primary N) is 1. The predicted octanol–water partition coefficient (Wildman–Crippen LogP) is 1.00. The van der Waals surface area contributed by atoms with Gasteiger partial charge >= 0.3 is 0 Å². The van der Waals surface area contributed by atoms with Crippen LogP contribution in [0.1, 0.15) is 24.8 Å². The van der Waals surface area contributed by atoms with Crippen molar-refractivity contribution < 1.29 is 0 Å². The maximum atomic E-state index is 5.75. The summed E-state index contributed by atoms with van der Waals surface area (Å²) in [4.78, 5) is 11.2. The lowest BCUT2D eigenvalue weighted by molar-refractivity contribution is 0.503. The first-order valence-electron chi connectivity index (χ1n) is 6.66. The first kappa shape index (κ1) is 10.8. The highest BCUT2D eigenvalue weighted by molar-refractivity contribution is 5.38. The minimum absolute atomic E-state index is 0.0644. The number of hydrogen-bond donors (Lipinski definition) is 1. The summed E-state index contributed by atoms with van der Waals surface area (Å²) in [5, 5.41) is 4.34. The molecule has 6 nitrogen and oxygen atoms in total. The van der Waals surface area contributed by atoms with Crippen LogP contribution in [0.2, 0.25) is 0 Å². The third kappa shape index (κ3) is 1.59. The van der Waals surface area contributed by atoms with E-state index in [2.05, 4.69) is 20.0 Å². The summed E-state index contributed by atoms with van der Waals surface area (Å²) in [6.07, 6.45) is 10.8. The van der Waals surface area contributed by atoms with Crippen LogP contribution in [-0.4, -0.2) is 32.8 Å². The van der Waals surface area contributed by atoms with E-state index in [1.807, 2.05) is 23.3 Å². The summed E-state index contributed by atoms with van der Waals surface area (Å²) in [5.74, 6) is 0.839. The smallest absolute Gasteiger partial charge is 0.225 e. The molecule has 1 saturated heterocycles. The second-order valence-corrected chi connectivity index (χ2v) is 5.36. The Bertz CT molecular complexity index is 594. The van der Waals surface area contributed by atoms with E-state index < -0.39 is 0 Å².